The molecule has 1 aromatic heterocycles. The Morgan fingerprint density at radius 2 is 2.00 bits per heavy atom. The molecule has 6 nitrogen and oxygen atoms in total. The first-order chi connectivity index (χ1) is 11.4. The Hall–Kier alpha value is -1.36. The Balaban J connectivity index is 0.00000312. The number of fused-ring (bicyclic) bond motifs is 1. The van der Waals surface area contributed by atoms with Gasteiger partial charge >= 0.3 is 0 Å². The van der Waals surface area contributed by atoms with Crippen molar-refractivity contribution in [1.82, 2.24) is 15.6 Å². The minimum absolute atomic E-state index is 0. The first-order valence-corrected chi connectivity index (χ1v) is 9.83. The fraction of sp³-hybridized carbons (Fsp3) is 0.438. The molecule has 25 heavy (non-hydrogen) atoms. The lowest BCUT2D eigenvalue weighted by Crippen LogP contribution is -2.39. The second-order valence-electron chi connectivity index (χ2n) is 5.66. The number of rotatable bonds is 7. The van der Waals surface area contributed by atoms with Crippen LogP contribution < -0.4 is 10.6 Å². The second kappa shape index (κ2) is 9.95. The molecule has 0 spiro atoms. The SMILES string of the molecule is CN=C(NCCCS(C)(=O)=O)NCCc1c[nH]c2ccc(F)cc12.I. The van der Waals surface area contributed by atoms with E-state index in [4.69, 9.17) is 0 Å². The molecule has 2 aromatic rings. The predicted molar refractivity (Wildman–Crippen MR) is 111 cm³/mol. The second-order valence-corrected chi connectivity index (χ2v) is 7.92. The van der Waals surface area contributed by atoms with Crippen LogP contribution in [0.25, 0.3) is 10.9 Å². The largest absolute Gasteiger partial charge is 0.361 e. The van der Waals surface area contributed by atoms with Crippen molar-refractivity contribution in [2.45, 2.75) is 12.8 Å². The third kappa shape index (κ3) is 7.18. The first-order valence-electron chi connectivity index (χ1n) is 7.77. The highest BCUT2D eigenvalue weighted by Crippen LogP contribution is 2.19. The standard InChI is InChI=1S/C16H23FN4O2S.HI/c1-18-16(19-7-3-9-24(2,22)23)20-8-6-12-11-21-15-5-4-13(17)10-14(12)15;/h4-5,10-11,21H,3,6-9H2,1-2H3,(H2,18,19,20);1H. The molecule has 0 atom stereocenters. The predicted octanol–water partition coefficient (Wildman–Crippen LogP) is 2.07. The molecule has 140 valence electrons. The van der Waals surface area contributed by atoms with E-state index >= 15 is 0 Å². The molecule has 0 aliphatic heterocycles. The minimum Gasteiger partial charge on any atom is -0.361 e. The van der Waals surface area contributed by atoms with Gasteiger partial charge in [0.2, 0.25) is 0 Å². The number of hydrogen-bond acceptors (Lipinski definition) is 3. The molecule has 0 saturated heterocycles. The number of aromatic amines is 1. The van der Waals surface area contributed by atoms with E-state index in [1.54, 1.807) is 13.1 Å². The highest BCUT2D eigenvalue weighted by molar-refractivity contribution is 14.0. The molecule has 0 unspecified atom stereocenters. The summed E-state index contributed by atoms with van der Waals surface area (Å²) in [6, 6.07) is 4.69. The highest BCUT2D eigenvalue weighted by Gasteiger charge is 2.06. The summed E-state index contributed by atoms with van der Waals surface area (Å²) in [7, 11) is -1.27. The van der Waals surface area contributed by atoms with Gasteiger partial charge in [0.25, 0.3) is 0 Å². The molecular formula is C16H24FIN4O2S. The van der Waals surface area contributed by atoms with Crippen molar-refractivity contribution in [1.29, 1.82) is 0 Å². The molecule has 0 fully saturated rings. The number of nitrogens with zero attached hydrogens (tertiary/aromatic N) is 1. The summed E-state index contributed by atoms with van der Waals surface area (Å²) in [5.74, 6) is 0.520. The Kier molecular flexibility index (Phi) is 8.63. The Bertz CT molecular complexity index is 821. The van der Waals surface area contributed by atoms with E-state index < -0.39 is 9.84 Å². The molecular weight excluding hydrogens is 458 g/mol. The topological polar surface area (TPSA) is 86.3 Å². The monoisotopic (exact) mass is 482 g/mol. The van der Waals surface area contributed by atoms with Gasteiger partial charge in [0.15, 0.2) is 5.96 Å². The Morgan fingerprint density at radius 3 is 2.68 bits per heavy atom. The summed E-state index contributed by atoms with van der Waals surface area (Å²) >= 11 is 0. The quantitative estimate of drug-likeness (QED) is 0.244. The zero-order chi connectivity index (χ0) is 17.6. The van der Waals surface area contributed by atoms with Crippen LogP contribution in [0, 0.1) is 5.82 Å². The van der Waals surface area contributed by atoms with Crippen LogP contribution in [0.15, 0.2) is 29.4 Å². The molecule has 1 aromatic carbocycles. The number of aliphatic imine (C=N–C) groups is 1. The van der Waals surface area contributed by atoms with Gasteiger partial charge in [-0.05, 0) is 36.6 Å². The van der Waals surface area contributed by atoms with E-state index in [2.05, 4.69) is 20.6 Å². The number of halogens is 2. The summed E-state index contributed by atoms with van der Waals surface area (Å²) in [4.78, 5) is 7.22. The van der Waals surface area contributed by atoms with Crippen molar-refractivity contribution in [3.05, 3.63) is 35.8 Å². The van der Waals surface area contributed by atoms with E-state index in [1.165, 1.54) is 18.4 Å². The number of aromatic nitrogens is 1. The molecule has 3 N–H and O–H groups in total. The van der Waals surface area contributed by atoms with Gasteiger partial charge in [-0.1, -0.05) is 0 Å². The summed E-state index contributed by atoms with van der Waals surface area (Å²) in [6.07, 6.45) is 4.35. The molecule has 1 heterocycles. The van der Waals surface area contributed by atoms with Gasteiger partial charge in [0.05, 0.1) is 5.75 Å². The van der Waals surface area contributed by atoms with Gasteiger partial charge in [-0.2, -0.15) is 0 Å². The molecule has 0 saturated carbocycles. The number of H-pyrrole nitrogens is 1. The van der Waals surface area contributed by atoms with Gasteiger partial charge in [-0.3, -0.25) is 4.99 Å². The number of nitrogens with one attached hydrogen (secondary N) is 3. The highest BCUT2D eigenvalue weighted by atomic mass is 127. The van der Waals surface area contributed by atoms with Gasteiger partial charge < -0.3 is 15.6 Å². The fourth-order valence-corrected chi connectivity index (χ4v) is 3.10. The molecule has 0 radical (unpaired) electrons. The van der Waals surface area contributed by atoms with E-state index in [1.807, 2.05) is 6.20 Å². The van der Waals surface area contributed by atoms with Crippen molar-refractivity contribution in [3.8, 4) is 0 Å². The van der Waals surface area contributed by atoms with Crippen LogP contribution in [0.1, 0.15) is 12.0 Å². The minimum atomic E-state index is -2.93. The molecule has 9 heteroatoms. The van der Waals surface area contributed by atoms with Crippen LogP contribution in [-0.4, -0.2) is 51.5 Å². The summed E-state index contributed by atoms with van der Waals surface area (Å²) in [5, 5.41) is 7.12. The van der Waals surface area contributed by atoms with Crippen molar-refractivity contribution < 1.29 is 12.8 Å². The van der Waals surface area contributed by atoms with Crippen molar-refractivity contribution in [3.63, 3.8) is 0 Å². The number of benzene rings is 1. The zero-order valence-corrected chi connectivity index (χ0v) is 17.4. The average molecular weight is 482 g/mol. The van der Waals surface area contributed by atoms with Crippen molar-refractivity contribution in [2.75, 3.05) is 32.1 Å². The van der Waals surface area contributed by atoms with E-state index in [0.29, 0.717) is 31.9 Å². The third-order valence-corrected chi connectivity index (χ3v) is 4.65. The van der Waals surface area contributed by atoms with Crippen LogP contribution in [0.2, 0.25) is 0 Å². The molecule has 0 amide bonds. The summed E-state index contributed by atoms with van der Waals surface area (Å²) in [5.41, 5.74) is 1.94. The van der Waals surface area contributed by atoms with Gasteiger partial charge in [-0.15, -0.1) is 24.0 Å². The van der Waals surface area contributed by atoms with Gasteiger partial charge in [0, 0.05) is 43.5 Å². The third-order valence-electron chi connectivity index (χ3n) is 3.62. The van der Waals surface area contributed by atoms with E-state index in [9.17, 15) is 12.8 Å². The lowest BCUT2D eigenvalue weighted by molar-refractivity contribution is 0.598. The Labute approximate surface area is 164 Å². The van der Waals surface area contributed by atoms with Crippen LogP contribution in [0.3, 0.4) is 0 Å². The average Bonchev–Trinajstić information content (AvgIpc) is 2.91. The molecule has 0 bridgehead atoms. The number of hydrogen-bond donors (Lipinski definition) is 3. The molecule has 0 aliphatic carbocycles. The van der Waals surface area contributed by atoms with Gasteiger partial charge in [-0.25, -0.2) is 12.8 Å². The fourth-order valence-electron chi connectivity index (χ4n) is 2.43. The van der Waals surface area contributed by atoms with Crippen LogP contribution in [-0.2, 0) is 16.3 Å². The molecule has 0 aliphatic rings. The van der Waals surface area contributed by atoms with E-state index in [-0.39, 0.29) is 35.5 Å². The smallest absolute Gasteiger partial charge is 0.190 e. The summed E-state index contributed by atoms with van der Waals surface area (Å²) < 4.78 is 35.5. The molecule has 2 rings (SSSR count). The summed E-state index contributed by atoms with van der Waals surface area (Å²) in [6.45, 7) is 1.17. The maximum Gasteiger partial charge on any atom is 0.190 e. The lowest BCUT2D eigenvalue weighted by Gasteiger charge is -2.11. The zero-order valence-electron chi connectivity index (χ0n) is 14.3. The first kappa shape index (κ1) is 21.7. The van der Waals surface area contributed by atoms with Crippen LogP contribution >= 0.6 is 24.0 Å². The van der Waals surface area contributed by atoms with Crippen LogP contribution in [0.4, 0.5) is 4.39 Å². The van der Waals surface area contributed by atoms with Crippen molar-refractivity contribution >= 4 is 50.7 Å². The Morgan fingerprint density at radius 1 is 1.28 bits per heavy atom. The van der Waals surface area contributed by atoms with Crippen molar-refractivity contribution in [2.24, 2.45) is 4.99 Å². The normalized spacial score (nSPS) is 12.0. The number of sulfone groups is 1. The van der Waals surface area contributed by atoms with E-state index in [0.717, 1.165) is 16.5 Å². The maximum atomic E-state index is 13.4. The maximum absolute atomic E-state index is 13.4. The number of guanidine groups is 1. The van der Waals surface area contributed by atoms with Crippen LogP contribution in [0.5, 0.6) is 0 Å². The lowest BCUT2D eigenvalue weighted by atomic mass is 10.1. The van der Waals surface area contributed by atoms with Gasteiger partial charge in [0.1, 0.15) is 15.7 Å².